The van der Waals surface area contributed by atoms with Gasteiger partial charge in [-0.1, -0.05) is 6.92 Å². The molecule has 0 aromatic carbocycles. The molecule has 3 N–H and O–H groups in total. The van der Waals surface area contributed by atoms with Gasteiger partial charge in [0.1, 0.15) is 12.4 Å². The van der Waals surface area contributed by atoms with E-state index in [1.54, 1.807) is 4.90 Å². The Balaban J connectivity index is 1.28. The molecule has 10 heteroatoms. The summed E-state index contributed by atoms with van der Waals surface area (Å²) in [5.74, 6) is -2.19. The molecule has 0 aromatic rings. The zero-order valence-electron chi connectivity index (χ0n) is 16.9. The number of carbonyl (C=O) groups excluding carboxylic acids is 1. The number of nitrogens with zero attached hydrogens (tertiary/aromatic N) is 2. The summed E-state index contributed by atoms with van der Waals surface area (Å²) in [6.45, 7) is 3.39. The van der Waals surface area contributed by atoms with Crippen molar-refractivity contribution in [3.8, 4) is 0 Å². The summed E-state index contributed by atoms with van der Waals surface area (Å²) in [5, 5.41) is 6.61. The van der Waals surface area contributed by atoms with E-state index in [-0.39, 0.29) is 50.4 Å². The maximum atomic E-state index is 14.5. The van der Waals surface area contributed by atoms with Crippen LogP contribution in [-0.4, -0.2) is 85.0 Å². The monoisotopic (exact) mass is 419 g/mol. The number of alkyl halides is 3. The molecule has 7 nitrogen and oxygen atoms in total. The summed E-state index contributed by atoms with van der Waals surface area (Å²) >= 11 is 0. The van der Waals surface area contributed by atoms with Gasteiger partial charge in [0.05, 0.1) is 18.8 Å². The van der Waals surface area contributed by atoms with Crippen molar-refractivity contribution >= 4 is 5.91 Å². The first-order valence-electron chi connectivity index (χ1n) is 10.8. The second-order valence-electron chi connectivity index (χ2n) is 8.78. The molecule has 0 radical (unpaired) electrons. The fourth-order valence-electron chi connectivity index (χ4n) is 5.07. The Morgan fingerprint density at radius 1 is 1.24 bits per heavy atom. The molecule has 4 aliphatic heterocycles. The molecule has 4 heterocycles. The minimum absolute atomic E-state index is 0.0293. The Labute approximate surface area is 169 Å². The lowest BCUT2D eigenvalue weighted by molar-refractivity contribution is -0.132. The van der Waals surface area contributed by atoms with Crippen LogP contribution in [0.2, 0.25) is 0 Å². The third kappa shape index (κ3) is 4.71. The third-order valence-corrected chi connectivity index (χ3v) is 6.85. The Kier molecular flexibility index (Phi) is 6.36. The van der Waals surface area contributed by atoms with Crippen LogP contribution in [0.4, 0.5) is 13.2 Å². The van der Waals surface area contributed by atoms with Crippen LogP contribution in [0.5, 0.6) is 0 Å². The average Bonchev–Trinajstić information content (AvgIpc) is 3.34. The molecule has 5 atom stereocenters. The van der Waals surface area contributed by atoms with E-state index >= 15 is 0 Å². The smallest absolute Gasteiger partial charge is 0.261 e. The van der Waals surface area contributed by atoms with Gasteiger partial charge in [0.25, 0.3) is 5.92 Å². The summed E-state index contributed by atoms with van der Waals surface area (Å²) in [6.07, 6.45) is 1.01. The maximum Gasteiger partial charge on any atom is 0.261 e. The second-order valence-corrected chi connectivity index (χ2v) is 8.78. The quantitative estimate of drug-likeness (QED) is 0.627. The minimum atomic E-state index is -2.72. The molecule has 1 amide bonds. The first kappa shape index (κ1) is 21.3. The van der Waals surface area contributed by atoms with Crippen molar-refractivity contribution in [2.75, 3.05) is 32.7 Å². The van der Waals surface area contributed by atoms with Gasteiger partial charge >= 0.3 is 0 Å². The molecule has 0 aliphatic carbocycles. The molecule has 5 unspecified atom stereocenters. The van der Waals surface area contributed by atoms with E-state index in [1.165, 1.54) is 0 Å². The summed E-state index contributed by atoms with van der Waals surface area (Å²) in [4.78, 5) is 21.1. The minimum Gasteiger partial charge on any atom is -0.343 e. The summed E-state index contributed by atoms with van der Waals surface area (Å²) in [7, 11) is 0. The first-order chi connectivity index (χ1) is 13.9. The molecular weight excluding hydrogens is 387 g/mol. The molecule has 0 bridgehead atoms. The number of hydrogen-bond acceptors (Lipinski definition) is 6. The van der Waals surface area contributed by atoms with Crippen molar-refractivity contribution in [2.24, 2.45) is 5.92 Å². The Bertz CT molecular complexity index is 590. The van der Waals surface area contributed by atoms with Crippen molar-refractivity contribution in [2.45, 2.75) is 75.6 Å². The van der Waals surface area contributed by atoms with Crippen LogP contribution in [0.15, 0.2) is 0 Å². The van der Waals surface area contributed by atoms with Crippen molar-refractivity contribution in [3.05, 3.63) is 0 Å². The van der Waals surface area contributed by atoms with Crippen molar-refractivity contribution in [3.63, 3.8) is 0 Å². The predicted octanol–water partition coefficient (Wildman–Crippen LogP) is 0.821. The zero-order chi connectivity index (χ0) is 20.6. The number of likely N-dealkylation sites (tertiary alicyclic amines) is 2. The fourth-order valence-corrected chi connectivity index (χ4v) is 5.07. The predicted molar refractivity (Wildman–Crippen MR) is 101 cm³/mol. The van der Waals surface area contributed by atoms with Crippen molar-refractivity contribution in [1.82, 2.24) is 25.9 Å². The standard InChI is InChI=1S/C19H32F3N5O2/c1-2-16(28)26-6-3-12(4-7-26)17-24-18(29-25-17)14-9-15(13(20)10-23-14)27-8-5-19(21,22)11-27/h12-15,17-18,23-25H,2-11H2,1H3. The number of amides is 1. The summed E-state index contributed by atoms with van der Waals surface area (Å²) < 4.78 is 41.6. The lowest BCUT2D eigenvalue weighted by Crippen LogP contribution is -2.60. The molecule has 4 aliphatic rings. The Hall–Kier alpha value is -0.940. The zero-order valence-corrected chi connectivity index (χ0v) is 16.9. The van der Waals surface area contributed by atoms with Crippen LogP contribution in [0.1, 0.15) is 39.0 Å². The molecule has 4 saturated heterocycles. The van der Waals surface area contributed by atoms with Crippen LogP contribution in [0.3, 0.4) is 0 Å². The lowest BCUT2D eigenvalue weighted by atomic mass is 9.92. The van der Waals surface area contributed by atoms with Gasteiger partial charge in [-0.2, -0.15) is 5.48 Å². The van der Waals surface area contributed by atoms with Gasteiger partial charge in [0, 0.05) is 45.1 Å². The van der Waals surface area contributed by atoms with Crippen LogP contribution >= 0.6 is 0 Å². The maximum absolute atomic E-state index is 14.5. The molecule has 0 saturated carbocycles. The average molecular weight is 419 g/mol. The number of halogens is 3. The lowest BCUT2D eigenvalue weighted by Gasteiger charge is -2.39. The second kappa shape index (κ2) is 8.66. The van der Waals surface area contributed by atoms with E-state index in [9.17, 15) is 18.0 Å². The van der Waals surface area contributed by atoms with Gasteiger partial charge in [0.2, 0.25) is 5.91 Å². The first-order valence-corrected chi connectivity index (χ1v) is 10.8. The largest absolute Gasteiger partial charge is 0.343 e. The normalized spacial score (nSPS) is 39.2. The fraction of sp³-hybridized carbons (Fsp3) is 0.947. The highest BCUT2D eigenvalue weighted by Crippen LogP contribution is 2.32. The van der Waals surface area contributed by atoms with E-state index in [0.29, 0.717) is 18.8 Å². The van der Waals surface area contributed by atoms with Gasteiger partial charge < -0.3 is 10.2 Å². The number of carbonyl (C=O) groups is 1. The molecule has 0 aromatic heterocycles. The summed E-state index contributed by atoms with van der Waals surface area (Å²) in [6, 6.07) is -0.664. The molecule has 4 fully saturated rings. The van der Waals surface area contributed by atoms with E-state index in [4.69, 9.17) is 4.84 Å². The molecule has 166 valence electrons. The van der Waals surface area contributed by atoms with Gasteiger partial charge in [-0.05, 0) is 25.2 Å². The van der Waals surface area contributed by atoms with E-state index < -0.39 is 18.1 Å². The van der Waals surface area contributed by atoms with E-state index in [0.717, 1.165) is 25.9 Å². The number of hydroxylamine groups is 1. The van der Waals surface area contributed by atoms with Gasteiger partial charge in [-0.15, -0.1) is 0 Å². The molecule has 29 heavy (non-hydrogen) atoms. The van der Waals surface area contributed by atoms with E-state index in [2.05, 4.69) is 16.1 Å². The SMILES string of the molecule is CCC(=O)N1CCC(C2NOC(C3CC(N4CCC(F)(F)C4)C(F)CN3)N2)CC1. The topological polar surface area (TPSA) is 68.9 Å². The highest BCUT2D eigenvalue weighted by Gasteiger charge is 2.47. The van der Waals surface area contributed by atoms with Crippen LogP contribution in [0.25, 0.3) is 0 Å². The van der Waals surface area contributed by atoms with Crippen molar-refractivity contribution in [1.29, 1.82) is 0 Å². The molecule has 4 rings (SSSR count). The highest BCUT2D eigenvalue weighted by atomic mass is 19.3. The van der Waals surface area contributed by atoms with Gasteiger partial charge in [0.15, 0.2) is 0 Å². The van der Waals surface area contributed by atoms with Gasteiger partial charge in [-0.25, -0.2) is 13.2 Å². The molecule has 0 spiro atoms. The Morgan fingerprint density at radius 3 is 2.66 bits per heavy atom. The third-order valence-electron chi connectivity index (χ3n) is 6.85. The number of rotatable bonds is 4. The number of nitrogens with one attached hydrogen (secondary N) is 3. The van der Waals surface area contributed by atoms with Crippen LogP contribution in [0, 0.1) is 5.92 Å². The van der Waals surface area contributed by atoms with Crippen LogP contribution < -0.4 is 16.1 Å². The van der Waals surface area contributed by atoms with Crippen molar-refractivity contribution < 1.29 is 22.8 Å². The van der Waals surface area contributed by atoms with Crippen LogP contribution in [-0.2, 0) is 9.63 Å². The number of piperidine rings is 2. The van der Waals surface area contributed by atoms with E-state index in [1.807, 2.05) is 11.8 Å². The molecular formula is C19H32F3N5O2. The highest BCUT2D eigenvalue weighted by molar-refractivity contribution is 5.75. The number of hydrogen-bond donors (Lipinski definition) is 3. The summed E-state index contributed by atoms with van der Waals surface area (Å²) in [5.41, 5.74) is 3.06. The van der Waals surface area contributed by atoms with Gasteiger partial charge in [-0.3, -0.25) is 19.8 Å². The Morgan fingerprint density at radius 2 is 2.00 bits per heavy atom.